The molecule has 0 fully saturated rings. The summed E-state index contributed by atoms with van der Waals surface area (Å²) in [5, 5.41) is 9.59. The molecule has 2 aromatic carbocycles. The van der Waals surface area contributed by atoms with Gasteiger partial charge in [-0.1, -0.05) is 47.5 Å². The molecular weight excluding hydrogens is 369 g/mol. The Morgan fingerprint density at radius 3 is 2.62 bits per heavy atom. The molecule has 1 unspecified atom stereocenters. The van der Waals surface area contributed by atoms with E-state index in [0.29, 0.717) is 16.7 Å². The van der Waals surface area contributed by atoms with Crippen molar-refractivity contribution in [3.63, 3.8) is 0 Å². The van der Waals surface area contributed by atoms with Crippen LogP contribution in [0.2, 0.25) is 10.0 Å². The lowest BCUT2D eigenvalue weighted by atomic mass is 10.1. The van der Waals surface area contributed by atoms with Crippen LogP contribution >= 0.6 is 23.2 Å². The zero-order chi connectivity index (χ0) is 18.1. The summed E-state index contributed by atoms with van der Waals surface area (Å²) in [4.78, 5) is 0. The predicted octanol–water partition coefficient (Wildman–Crippen LogP) is 5.28. The Morgan fingerprint density at radius 2 is 1.88 bits per heavy atom. The summed E-state index contributed by atoms with van der Waals surface area (Å²) < 4.78 is 8.02. The minimum atomic E-state index is 0.141. The van der Waals surface area contributed by atoms with Gasteiger partial charge in [-0.15, -0.1) is 0 Å². The van der Waals surface area contributed by atoms with Gasteiger partial charge in [-0.2, -0.15) is 5.10 Å². The molecule has 0 spiro atoms. The van der Waals surface area contributed by atoms with Crippen LogP contribution in [0.25, 0.3) is 16.9 Å². The van der Waals surface area contributed by atoms with Crippen LogP contribution in [0.1, 0.15) is 24.6 Å². The second-order valence-electron chi connectivity index (χ2n) is 6.27. The van der Waals surface area contributed by atoms with E-state index in [1.54, 1.807) is 0 Å². The lowest BCUT2D eigenvalue weighted by molar-refractivity contribution is 0.316. The fraction of sp³-hybridized carbons (Fsp3) is 0.250. The van der Waals surface area contributed by atoms with Crippen molar-refractivity contribution in [1.29, 1.82) is 0 Å². The van der Waals surface area contributed by atoms with E-state index in [2.05, 4.69) is 5.32 Å². The van der Waals surface area contributed by atoms with Crippen molar-refractivity contribution in [2.75, 3.05) is 13.7 Å². The molecule has 134 valence electrons. The third-order valence-corrected chi connectivity index (χ3v) is 5.20. The molecule has 4 rings (SSSR count). The van der Waals surface area contributed by atoms with Gasteiger partial charge in [0.1, 0.15) is 11.4 Å². The number of ether oxygens (including phenoxy) is 1. The van der Waals surface area contributed by atoms with Gasteiger partial charge in [0.15, 0.2) is 5.75 Å². The maximum Gasteiger partial charge on any atom is 0.170 e. The van der Waals surface area contributed by atoms with Crippen LogP contribution in [0, 0.1) is 0 Å². The summed E-state index contributed by atoms with van der Waals surface area (Å²) >= 11 is 12.6. The van der Waals surface area contributed by atoms with Gasteiger partial charge in [-0.25, -0.2) is 4.68 Å². The Hall–Kier alpha value is -2.01. The summed E-state index contributed by atoms with van der Waals surface area (Å²) in [5.41, 5.74) is 3.62. The van der Waals surface area contributed by atoms with E-state index in [1.165, 1.54) is 0 Å². The van der Waals surface area contributed by atoms with E-state index < -0.39 is 0 Å². The summed E-state index contributed by atoms with van der Waals surface area (Å²) in [6.07, 6.45) is 1.96. The van der Waals surface area contributed by atoms with Crippen molar-refractivity contribution in [1.82, 2.24) is 15.1 Å². The number of para-hydroxylation sites is 1. The normalized spacial score (nSPS) is 16.7. The predicted molar refractivity (Wildman–Crippen MR) is 106 cm³/mol. The second kappa shape index (κ2) is 7.31. The van der Waals surface area contributed by atoms with Crippen LogP contribution in [-0.2, 0) is 0 Å². The Labute approximate surface area is 162 Å². The first-order chi connectivity index (χ1) is 12.7. The third kappa shape index (κ3) is 3.09. The molecule has 0 saturated carbocycles. The highest BCUT2D eigenvalue weighted by atomic mass is 35.5. The van der Waals surface area contributed by atoms with Gasteiger partial charge in [-0.05, 0) is 44.2 Å². The molecule has 1 atom stereocenters. The maximum atomic E-state index is 6.47. The number of nitrogens with one attached hydrogen (secondary N) is 1. The molecule has 1 aromatic heterocycles. The molecule has 1 aliphatic rings. The van der Waals surface area contributed by atoms with Gasteiger partial charge >= 0.3 is 0 Å². The summed E-state index contributed by atoms with van der Waals surface area (Å²) in [7, 11) is 1.95. The lowest BCUT2D eigenvalue weighted by Crippen LogP contribution is -2.16. The molecule has 6 heteroatoms. The monoisotopic (exact) mass is 387 g/mol. The van der Waals surface area contributed by atoms with Gasteiger partial charge < -0.3 is 10.1 Å². The average Bonchev–Trinajstić information content (AvgIpc) is 2.90. The quantitative estimate of drug-likeness (QED) is 0.664. The minimum Gasteiger partial charge on any atom is -0.489 e. The lowest BCUT2D eigenvalue weighted by Gasteiger charge is -2.12. The molecule has 1 N–H and O–H groups in total. The molecule has 4 nitrogen and oxygen atoms in total. The number of benzene rings is 2. The Balaban J connectivity index is 1.99. The molecule has 0 bridgehead atoms. The number of fused-ring (bicyclic) bond motifs is 1. The van der Waals surface area contributed by atoms with Gasteiger partial charge in [0.2, 0.25) is 0 Å². The molecule has 0 saturated heterocycles. The maximum absolute atomic E-state index is 6.47. The van der Waals surface area contributed by atoms with Gasteiger partial charge in [0, 0.05) is 10.6 Å². The summed E-state index contributed by atoms with van der Waals surface area (Å²) in [5.74, 6) is 0.809. The van der Waals surface area contributed by atoms with Crippen molar-refractivity contribution in [2.45, 2.75) is 18.9 Å². The zero-order valence-corrected chi connectivity index (χ0v) is 15.9. The van der Waals surface area contributed by atoms with Crippen molar-refractivity contribution in [3.8, 4) is 22.7 Å². The van der Waals surface area contributed by atoms with E-state index in [4.69, 9.17) is 33.0 Å². The number of nitrogens with zero attached hydrogens (tertiary/aromatic N) is 2. The SMILES string of the molecule is CNC1CCCOc2c1nn(-c1ccccc1Cl)c2-c1ccc(Cl)cc1. The second-order valence-corrected chi connectivity index (χ2v) is 7.11. The molecule has 1 aliphatic heterocycles. The topological polar surface area (TPSA) is 39.1 Å². The van der Waals surface area contributed by atoms with Gasteiger partial charge in [0.25, 0.3) is 0 Å². The van der Waals surface area contributed by atoms with Crippen molar-refractivity contribution >= 4 is 23.2 Å². The van der Waals surface area contributed by atoms with Gasteiger partial charge in [0.05, 0.1) is 23.4 Å². The van der Waals surface area contributed by atoms with Crippen molar-refractivity contribution < 1.29 is 4.74 Å². The fourth-order valence-electron chi connectivity index (χ4n) is 3.33. The highest BCUT2D eigenvalue weighted by Gasteiger charge is 2.29. The first-order valence-corrected chi connectivity index (χ1v) is 9.38. The molecule has 0 aliphatic carbocycles. The van der Waals surface area contributed by atoms with Crippen LogP contribution < -0.4 is 10.1 Å². The molecular formula is C20H19Cl2N3O. The standard InChI is InChI=1S/C20H19Cl2N3O/c1-23-16-6-4-12-26-20-18(16)24-25(17-7-3-2-5-15(17)22)19(20)13-8-10-14(21)11-9-13/h2-3,5,7-11,16,23H,4,6,12H2,1H3. The van der Waals surface area contributed by atoms with E-state index in [1.807, 2.05) is 60.3 Å². The number of hydrogen-bond donors (Lipinski definition) is 1. The van der Waals surface area contributed by atoms with E-state index in [0.717, 1.165) is 41.2 Å². The van der Waals surface area contributed by atoms with E-state index >= 15 is 0 Å². The zero-order valence-electron chi connectivity index (χ0n) is 14.4. The van der Waals surface area contributed by atoms with Crippen molar-refractivity contribution in [2.24, 2.45) is 0 Å². The van der Waals surface area contributed by atoms with E-state index in [9.17, 15) is 0 Å². The molecule has 0 amide bonds. The van der Waals surface area contributed by atoms with Crippen LogP contribution in [0.4, 0.5) is 0 Å². The number of aromatic nitrogens is 2. The minimum absolute atomic E-state index is 0.141. The number of halogens is 2. The Kier molecular flexibility index (Phi) is 4.90. The highest BCUT2D eigenvalue weighted by Crippen LogP contribution is 2.41. The third-order valence-electron chi connectivity index (χ3n) is 4.63. The molecule has 0 radical (unpaired) electrons. The van der Waals surface area contributed by atoms with Crippen molar-refractivity contribution in [3.05, 3.63) is 64.3 Å². The molecule has 2 heterocycles. The smallest absolute Gasteiger partial charge is 0.170 e. The van der Waals surface area contributed by atoms with Crippen LogP contribution in [0.15, 0.2) is 48.5 Å². The first kappa shape index (κ1) is 17.4. The molecule has 3 aromatic rings. The van der Waals surface area contributed by atoms with Crippen LogP contribution in [-0.4, -0.2) is 23.4 Å². The fourth-order valence-corrected chi connectivity index (χ4v) is 3.67. The largest absolute Gasteiger partial charge is 0.489 e. The molecule has 26 heavy (non-hydrogen) atoms. The van der Waals surface area contributed by atoms with Crippen LogP contribution in [0.5, 0.6) is 5.75 Å². The van der Waals surface area contributed by atoms with Crippen LogP contribution in [0.3, 0.4) is 0 Å². The first-order valence-electron chi connectivity index (χ1n) is 8.63. The van der Waals surface area contributed by atoms with Gasteiger partial charge in [-0.3, -0.25) is 0 Å². The average molecular weight is 388 g/mol. The Morgan fingerprint density at radius 1 is 1.12 bits per heavy atom. The Bertz CT molecular complexity index is 921. The highest BCUT2D eigenvalue weighted by molar-refractivity contribution is 6.32. The number of hydrogen-bond acceptors (Lipinski definition) is 3. The number of rotatable bonds is 3. The summed E-state index contributed by atoms with van der Waals surface area (Å²) in [6.45, 7) is 0.667. The summed E-state index contributed by atoms with van der Waals surface area (Å²) in [6, 6.07) is 15.5. The van der Waals surface area contributed by atoms with E-state index in [-0.39, 0.29) is 6.04 Å².